The normalized spacial score (nSPS) is 20.5. The van der Waals surface area contributed by atoms with E-state index in [2.05, 4.69) is 15.4 Å². The molecule has 1 atom stereocenters. The van der Waals surface area contributed by atoms with Gasteiger partial charge >= 0.3 is 0 Å². The number of rotatable bonds is 6. The summed E-state index contributed by atoms with van der Waals surface area (Å²) in [7, 11) is 3.34. The Kier molecular flexibility index (Phi) is 5.27. The Morgan fingerprint density at radius 2 is 2.12 bits per heavy atom. The van der Waals surface area contributed by atoms with Crippen LogP contribution >= 0.6 is 0 Å². The topological polar surface area (TPSA) is 89.3 Å². The third-order valence-electron chi connectivity index (χ3n) is 4.96. The molecule has 2 heterocycles. The van der Waals surface area contributed by atoms with Crippen LogP contribution in [0, 0.1) is 5.92 Å². The van der Waals surface area contributed by atoms with Crippen molar-refractivity contribution in [2.75, 3.05) is 7.11 Å². The first-order valence-corrected chi connectivity index (χ1v) is 8.91. The summed E-state index contributed by atoms with van der Waals surface area (Å²) < 4.78 is 6.72. The van der Waals surface area contributed by atoms with E-state index in [9.17, 15) is 9.90 Å². The molecule has 2 aromatic rings. The Hall–Kier alpha value is -2.41. The number of methoxy groups -OCH3 is 1. The minimum atomic E-state index is -0.296. The fourth-order valence-corrected chi connectivity index (χ4v) is 3.27. The van der Waals surface area contributed by atoms with Crippen LogP contribution in [-0.2, 0) is 7.05 Å². The van der Waals surface area contributed by atoms with Crippen LogP contribution in [-0.4, -0.2) is 39.0 Å². The van der Waals surface area contributed by atoms with Crippen molar-refractivity contribution in [3.63, 3.8) is 0 Å². The summed E-state index contributed by atoms with van der Waals surface area (Å²) in [6.07, 6.45) is 2.76. The van der Waals surface area contributed by atoms with Crippen LogP contribution in [0.3, 0.4) is 0 Å². The lowest BCUT2D eigenvalue weighted by Gasteiger charge is -2.38. The SMILES string of the molecule is COc1ccc([C@H](NC(=O)c2cc(C(C)C)nn2C)C2CC(O)C2)cn1. The van der Waals surface area contributed by atoms with Gasteiger partial charge in [-0.15, -0.1) is 0 Å². The van der Waals surface area contributed by atoms with Gasteiger partial charge in [0.1, 0.15) is 5.69 Å². The highest BCUT2D eigenvalue weighted by atomic mass is 16.5. The van der Waals surface area contributed by atoms with Gasteiger partial charge in [-0.1, -0.05) is 19.9 Å². The van der Waals surface area contributed by atoms with E-state index >= 15 is 0 Å². The monoisotopic (exact) mass is 358 g/mol. The largest absolute Gasteiger partial charge is 0.481 e. The highest BCUT2D eigenvalue weighted by Gasteiger charge is 2.36. The molecule has 0 radical (unpaired) electrons. The highest BCUT2D eigenvalue weighted by molar-refractivity contribution is 5.93. The Morgan fingerprint density at radius 1 is 1.38 bits per heavy atom. The molecule has 7 nitrogen and oxygen atoms in total. The smallest absolute Gasteiger partial charge is 0.270 e. The van der Waals surface area contributed by atoms with E-state index in [-0.39, 0.29) is 29.9 Å². The molecule has 1 saturated carbocycles. The summed E-state index contributed by atoms with van der Waals surface area (Å²) in [6, 6.07) is 5.31. The zero-order valence-electron chi connectivity index (χ0n) is 15.6. The fourth-order valence-electron chi connectivity index (χ4n) is 3.27. The molecule has 7 heteroatoms. The molecule has 0 aliphatic heterocycles. The van der Waals surface area contributed by atoms with Crippen LogP contribution in [0.4, 0.5) is 0 Å². The van der Waals surface area contributed by atoms with Gasteiger partial charge in [0.15, 0.2) is 0 Å². The second-order valence-corrected chi connectivity index (χ2v) is 7.20. The molecule has 0 spiro atoms. The predicted octanol–water partition coefficient (Wildman–Crippen LogP) is 2.19. The van der Waals surface area contributed by atoms with Gasteiger partial charge in [-0.2, -0.15) is 5.10 Å². The molecular weight excluding hydrogens is 332 g/mol. The number of carbonyl (C=O) groups is 1. The number of nitrogens with zero attached hydrogens (tertiary/aromatic N) is 3. The van der Waals surface area contributed by atoms with Gasteiger partial charge in [0.2, 0.25) is 5.88 Å². The van der Waals surface area contributed by atoms with Crippen LogP contribution in [0.1, 0.15) is 60.4 Å². The number of aromatic nitrogens is 3. The third kappa shape index (κ3) is 3.72. The quantitative estimate of drug-likeness (QED) is 0.826. The van der Waals surface area contributed by atoms with Gasteiger partial charge in [-0.25, -0.2) is 4.98 Å². The number of nitrogens with one attached hydrogen (secondary N) is 1. The lowest BCUT2D eigenvalue weighted by molar-refractivity contribution is 0.0233. The number of hydrogen-bond donors (Lipinski definition) is 2. The minimum absolute atomic E-state index is 0.172. The maximum atomic E-state index is 12.9. The summed E-state index contributed by atoms with van der Waals surface area (Å²) in [5.41, 5.74) is 2.32. The van der Waals surface area contributed by atoms with E-state index in [1.54, 1.807) is 31.1 Å². The van der Waals surface area contributed by atoms with E-state index in [1.807, 2.05) is 26.0 Å². The second kappa shape index (κ2) is 7.45. The van der Waals surface area contributed by atoms with E-state index in [1.165, 1.54) is 0 Å². The molecule has 1 aliphatic rings. The number of amides is 1. The van der Waals surface area contributed by atoms with Crippen LogP contribution < -0.4 is 10.1 Å². The molecule has 1 aliphatic carbocycles. The van der Waals surface area contributed by atoms with Crippen LogP contribution in [0.15, 0.2) is 24.4 Å². The van der Waals surface area contributed by atoms with Gasteiger partial charge < -0.3 is 15.2 Å². The zero-order chi connectivity index (χ0) is 18.8. The first-order chi connectivity index (χ1) is 12.4. The summed E-state index contributed by atoms with van der Waals surface area (Å²) in [6.45, 7) is 4.09. The molecule has 26 heavy (non-hydrogen) atoms. The second-order valence-electron chi connectivity index (χ2n) is 7.20. The molecule has 1 fully saturated rings. The fraction of sp³-hybridized carbons (Fsp3) is 0.526. The van der Waals surface area contributed by atoms with Gasteiger partial charge in [0.05, 0.1) is 24.9 Å². The summed E-state index contributed by atoms with van der Waals surface area (Å²) in [4.78, 5) is 17.1. The van der Waals surface area contributed by atoms with E-state index in [4.69, 9.17) is 4.74 Å². The van der Waals surface area contributed by atoms with E-state index < -0.39 is 0 Å². The minimum Gasteiger partial charge on any atom is -0.481 e. The molecule has 1 amide bonds. The van der Waals surface area contributed by atoms with Crippen molar-refractivity contribution in [2.45, 2.75) is 44.8 Å². The number of ether oxygens (including phenoxy) is 1. The molecule has 0 aromatic carbocycles. The third-order valence-corrected chi connectivity index (χ3v) is 4.96. The maximum absolute atomic E-state index is 12.9. The zero-order valence-corrected chi connectivity index (χ0v) is 15.6. The lowest BCUT2D eigenvalue weighted by Crippen LogP contribution is -2.41. The average Bonchev–Trinajstić information content (AvgIpc) is 2.99. The number of aliphatic hydroxyl groups excluding tert-OH is 1. The Labute approximate surface area is 153 Å². The van der Waals surface area contributed by atoms with E-state index in [0.717, 1.165) is 11.3 Å². The van der Waals surface area contributed by atoms with Crippen LogP contribution in [0.5, 0.6) is 5.88 Å². The van der Waals surface area contributed by atoms with Crippen molar-refractivity contribution in [3.05, 3.63) is 41.3 Å². The number of aliphatic hydroxyl groups is 1. The molecular formula is C19H26N4O3. The predicted molar refractivity (Wildman–Crippen MR) is 97.0 cm³/mol. The van der Waals surface area contributed by atoms with Crippen LogP contribution in [0.2, 0.25) is 0 Å². The molecule has 2 aromatic heterocycles. The van der Waals surface area contributed by atoms with Gasteiger partial charge in [0, 0.05) is 19.3 Å². The average molecular weight is 358 g/mol. The molecule has 140 valence electrons. The Morgan fingerprint density at radius 3 is 2.62 bits per heavy atom. The number of hydrogen-bond acceptors (Lipinski definition) is 5. The molecule has 3 rings (SSSR count). The lowest BCUT2D eigenvalue weighted by atomic mass is 9.75. The number of pyridine rings is 1. The highest BCUT2D eigenvalue weighted by Crippen LogP contribution is 2.38. The van der Waals surface area contributed by atoms with Crippen molar-refractivity contribution >= 4 is 5.91 Å². The van der Waals surface area contributed by atoms with E-state index in [0.29, 0.717) is 24.4 Å². The molecule has 0 saturated heterocycles. The first-order valence-electron chi connectivity index (χ1n) is 8.91. The summed E-state index contributed by atoms with van der Waals surface area (Å²) in [5, 5.41) is 17.2. The molecule has 0 bridgehead atoms. The summed E-state index contributed by atoms with van der Waals surface area (Å²) in [5.74, 6) is 0.794. The van der Waals surface area contributed by atoms with Gasteiger partial charge in [-0.3, -0.25) is 9.48 Å². The van der Waals surface area contributed by atoms with Crippen molar-refractivity contribution in [1.29, 1.82) is 0 Å². The standard InChI is InChI=1S/C19H26N4O3/c1-11(2)15-9-16(23(3)22-15)19(25)21-18(13-7-14(24)8-13)12-5-6-17(26-4)20-10-12/h5-6,9-11,13-14,18,24H,7-8H2,1-4H3,(H,21,25)/t13?,14?,18-/m0/s1. The van der Waals surface area contributed by atoms with Gasteiger partial charge in [0.25, 0.3) is 5.91 Å². The number of carbonyl (C=O) groups excluding carboxylic acids is 1. The Balaban J connectivity index is 1.82. The van der Waals surface area contributed by atoms with Crippen molar-refractivity contribution < 1.29 is 14.6 Å². The first kappa shape index (κ1) is 18.4. The maximum Gasteiger partial charge on any atom is 0.270 e. The number of aryl methyl sites for hydroxylation is 1. The summed E-state index contributed by atoms with van der Waals surface area (Å²) >= 11 is 0. The van der Waals surface area contributed by atoms with Gasteiger partial charge in [-0.05, 0) is 36.3 Å². The van der Waals surface area contributed by atoms with Crippen molar-refractivity contribution in [1.82, 2.24) is 20.1 Å². The van der Waals surface area contributed by atoms with Crippen LogP contribution in [0.25, 0.3) is 0 Å². The molecule has 2 N–H and O–H groups in total. The van der Waals surface area contributed by atoms with Crippen molar-refractivity contribution in [2.24, 2.45) is 13.0 Å². The Bertz CT molecular complexity index is 764. The van der Waals surface area contributed by atoms with Crippen molar-refractivity contribution in [3.8, 4) is 5.88 Å². The molecule has 0 unspecified atom stereocenters.